The van der Waals surface area contributed by atoms with Gasteiger partial charge in [-0.2, -0.15) is 11.8 Å². The molecule has 1 saturated heterocycles. The fourth-order valence-electron chi connectivity index (χ4n) is 4.47. The van der Waals surface area contributed by atoms with E-state index in [0.717, 1.165) is 32.5 Å². The quantitative estimate of drug-likeness (QED) is 0.513. The Morgan fingerprint density at radius 2 is 2.16 bits per heavy atom. The minimum absolute atomic E-state index is 0.0680. The van der Waals surface area contributed by atoms with Gasteiger partial charge in [0, 0.05) is 28.9 Å². The lowest BCUT2D eigenvalue weighted by Gasteiger charge is -2.22. The van der Waals surface area contributed by atoms with Crippen LogP contribution in [0.25, 0.3) is 10.2 Å². The number of thiophene rings is 1. The van der Waals surface area contributed by atoms with Crippen LogP contribution in [0.3, 0.4) is 0 Å². The molecule has 0 saturated carbocycles. The Kier molecular flexibility index (Phi) is 5.81. The molecule has 0 bridgehead atoms. The number of ether oxygens (including phenoxy) is 2. The van der Waals surface area contributed by atoms with Crippen molar-refractivity contribution in [1.82, 2.24) is 10.3 Å². The van der Waals surface area contributed by atoms with Gasteiger partial charge in [0.15, 0.2) is 5.79 Å². The highest BCUT2D eigenvalue weighted by atomic mass is 35.5. The van der Waals surface area contributed by atoms with E-state index in [1.54, 1.807) is 0 Å². The molecular formula is C23H25ClN2O3S2. The van der Waals surface area contributed by atoms with Crippen molar-refractivity contribution in [3.63, 3.8) is 0 Å². The Morgan fingerprint density at radius 1 is 1.32 bits per heavy atom. The van der Waals surface area contributed by atoms with E-state index in [1.165, 1.54) is 22.5 Å². The zero-order chi connectivity index (χ0) is 21.6. The number of carbonyl (C=O) groups excluding carboxylic acids is 1. The number of thioether (sulfide) groups is 1. The molecule has 5 rings (SSSR count). The fraction of sp³-hybridized carbons (Fsp3) is 0.435. The third kappa shape index (κ3) is 4.52. The monoisotopic (exact) mass is 476 g/mol. The summed E-state index contributed by atoms with van der Waals surface area (Å²) in [5.41, 5.74) is 3.24. The number of aromatic amines is 1. The molecule has 1 aliphatic heterocycles. The van der Waals surface area contributed by atoms with E-state index in [0.29, 0.717) is 12.3 Å². The topological polar surface area (TPSA) is 63.3 Å². The number of carbonyl (C=O) groups is 1. The predicted molar refractivity (Wildman–Crippen MR) is 128 cm³/mol. The van der Waals surface area contributed by atoms with Gasteiger partial charge in [-0.25, -0.2) is 0 Å². The molecule has 0 radical (unpaired) electrons. The predicted octanol–water partition coefficient (Wildman–Crippen LogP) is 5.21. The van der Waals surface area contributed by atoms with E-state index in [-0.39, 0.29) is 24.0 Å². The molecule has 164 valence electrons. The molecule has 8 heteroatoms. The van der Waals surface area contributed by atoms with Crippen LogP contribution in [0, 0.1) is 0 Å². The number of benzene rings is 1. The molecule has 1 aliphatic carbocycles. The third-order valence-electron chi connectivity index (χ3n) is 5.89. The minimum Gasteiger partial charge on any atom is -0.348 e. The summed E-state index contributed by atoms with van der Waals surface area (Å²) in [5.74, 6) is 1.52. The van der Waals surface area contributed by atoms with Crippen LogP contribution in [0.15, 0.2) is 36.4 Å². The number of halogens is 1. The Morgan fingerprint density at radius 3 is 2.94 bits per heavy atom. The van der Waals surface area contributed by atoms with E-state index in [2.05, 4.69) is 34.6 Å². The summed E-state index contributed by atoms with van der Waals surface area (Å²) in [6.07, 6.45) is 0.966. The summed E-state index contributed by atoms with van der Waals surface area (Å²) in [6.45, 7) is 4.54. The molecule has 2 aliphatic rings. The largest absolute Gasteiger partial charge is 0.348 e. The van der Waals surface area contributed by atoms with Gasteiger partial charge in [-0.3, -0.25) is 4.79 Å². The van der Waals surface area contributed by atoms with Gasteiger partial charge in [0.25, 0.3) is 5.91 Å². The summed E-state index contributed by atoms with van der Waals surface area (Å²) in [4.78, 5) is 17.1. The summed E-state index contributed by atoms with van der Waals surface area (Å²) in [6, 6.07) is 12.3. The van der Waals surface area contributed by atoms with Crippen molar-refractivity contribution in [2.45, 2.75) is 44.1 Å². The number of nitrogens with one attached hydrogen (secondary N) is 2. The highest BCUT2D eigenvalue weighted by molar-refractivity contribution is 7.99. The molecule has 1 aromatic carbocycles. The SMILES string of the molecule is CC1(C)OC[C@@H](CSC[C@H]2c3ccccc3C[C@H]2NC(=O)c2cc3cc(Cl)sc3[nH]2)O1. The van der Waals surface area contributed by atoms with E-state index >= 15 is 0 Å². The molecular weight excluding hydrogens is 452 g/mol. The van der Waals surface area contributed by atoms with Crippen molar-refractivity contribution >= 4 is 50.8 Å². The Bertz CT molecular complexity index is 1080. The van der Waals surface area contributed by atoms with E-state index in [1.807, 2.05) is 37.7 Å². The summed E-state index contributed by atoms with van der Waals surface area (Å²) >= 11 is 9.37. The normalized spacial score (nSPS) is 24.5. The van der Waals surface area contributed by atoms with Crippen LogP contribution in [-0.2, 0) is 15.9 Å². The van der Waals surface area contributed by atoms with E-state index < -0.39 is 5.79 Å². The van der Waals surface area contributed by atoms with Crippen LogP contribution in [-0.4, -0.2) is 46.9 Å². The smallest absolute Gasteiger partial charge is 0.268 e. The molecule has 1 amide bonds. The molecule has 0 spiro atoms. The maximum absolute atomic E-state index is 13.0. The minimum atomic E-state index is -0.490. The van der Waals surface area contributed by atoms with Crippen LogP contribution in [0.2, 0.25) is 4.34 Å². The van der Waals surface area contributed by atoms with Gasteiger partial charge in [-0.1, -0.05) is 35.9 Å². The number of hydrogen-bond acceptors (Lipinski definition) is 5. The molecule has 3 aromatic rings. The Balaban J connectivity index is 1.26. The summed E-state index contributed by atoms with van der Waals surface area (Å²) in [5, 5.41) is 4.26. The van der Waals surface area contributed by atoms with Crippen molar-refractivity contribution < 1.29 is 14.3 Å². The van der Waals surface area contributed by atoms with Crippen molar-refractivity contribution in [1.29, 1.82) is 0 Å². The number of amides is 1. The molecule has 5 nitrogen and oxygen atoms in total. The molecule has 3 heterocycles. The van der Waals surface area contributed by atoms with Gasteiger partial charge in [-0.15, -0.1) is 11.3 Å². The number of rotatable bonds is 6. The number of H-pyrrole nitrogens is 1. The zero-order valence-corrected chi connectivity index (χ0v) is 19.8. The number of fused-ring (bicyclic) bond motifs is 2. The van der Waals surface area contributed by atoms with Gasteiger partial charge in [0.05, 0.1) is 17.0 Å². The summed E-state index contributed by atoms with van der Waals surface area (Å²) < 4.78 is 12.3. The standard InChI is InChI=1S/C23H25ClN2O3S2/c1-23(2)28-10-15(29-23)11-30-12-17-16-6-4-3-5-13(16)7-18(17)25-21(27)19-8-14-9-20(24)31-22(14)26-19/h3-6,8-9,15,17-18,26H,7,10-12H2,1-2H3,(H,25,27)/t15-,17-,18+/m0/s1. The first-order valence-corrected chi connectivity index (χ1v) is 12.8. The highest BCUT2D eigenvalue weighted by Crippen LogP contribution is 2.37. The average molecular weight is 477 g/mol. The Hall–Kier alpha value is -1.51. The Labute approximate surface area is 194 Å². The molecule has 0 unspecified atom stereocenters. The molecule has 3 atom stereocenters. The zero-order valence-electron chi connectivity index (χ0n) is 17.4. The summed E-state index contributed by atoms with van der Waals surface area (Å²) in [7, 11) is 0. The lowest BCUT2D eigenvalue weighted by molar-refractivity contribution is -0.135. The van der Waals surface area contributed by atoms with Gasteiger partial charge >= 0.3 is 0 Å². The molecule has 2 aromatic heterocycles. The van der Waals surface area contributed by atoms with Crippen molar-refractivity contribution in [3.05, 3.63) is 57.6 Å². The molecule has 31 heavy (non-hydrogen) atoms. The second kappa shape index (κ2) is 8.45. The van der Waals surface area contributed by atoms with E-state index in [9.17, 15) is 4.79 Å². The first-order chi connectivity index (χ1) is 14.9. The van der Waals surface area contributed by atoms with Crippen LogP contribution in [0.5, 0.6) is 0 Å². The maximum Gasteiger partial charge on any atom is 0.268 e. The highest BCUT2D eigenvalue weighted by Gasteiger charge is 2.35. The van der Waals surface area contributed by atoms with Gasteiger partial charge < -0.3 is 19.8 Å². The first-order valence-electron chi connectivity index (χ1n) is 10.4. The third-order valence-corrected chi connectivity index (χ3v) is 8.29. The van der Waals surface area contributed by atoms with E-state index in [4.69, 9.17) is 21.1 Å². The lowest BCUT2D eigenvalue weighted by Crippen LogP contribution is -2.38. The maximum atomic E-state index is 13.0. The second-order valence-electron chi connectivity index (χ2n) is 8.60. The van der Waals surface area contributed by atoms with Crippen molar-refractivity contribution in [2.24, 2.45) is 0 Å². The number of hydrogen-bond donors (Lipinski definition) is 2. The van der Waals surface area contributed by atoms with Crippen LogP contribution < -0.4 is 5.32 Å². The lowest BCUT2D eigenvalue weighted by atomic mass is 10.0. The fourth-order valence-corrected chi connectivity index (χ4v) is 6.82. The van der Waals surface area contributed by atoms with Gasteiger partial charge in [0.2, 0.25) is 0 Å². The van der Waals surface area contributed by atoms with Crippen LogP contribution in [0.1, 0.15) is 41.4 Å². The van der Waals surface area contributed by atoms with Crippen LogP contribution >= 0.6 is 34.7 Å². The van der Waals surface area contributed by atoms with Crippen LogP contribution in [0.4, 0.5) is 0 Å². The van der Waals surface area contributed by atoms with Crippen molar-refractivity contribution in [3.8, 4) is 0 Å². The molecule has 2 N–H and O–H groups in total. The first kappa shape index (κ1) is 21.3. The average Bonchev–Trinajstić information content (AvgIpc) is 3.44. The molecule has 1 fully saturated rings. The van der Waals surface area contributed by atoms with Crippen molar-refractivity contribution in [2.75, 3.05) is 18.1 Å². The second-order valence-corrected chi connectivity index (χ2v) is 11.4. The number of aromatic nitrogens is 1. The van der Waals surface area contributed by atoms with Gasteiger partial charge in [0.1, 0.15) is 10.5 Å². The van der Waals surface area contributed by atoms with Gasteiger partial charge in [-0.05, 0) is 43.5 Å².